The molecule has 2 aliphatic rings. The van der Waals surface area contributed by atoms with E-state index in [1.165, 1.54) is 11.6 Å². The molecule has 194 valence electrons. The van der Waals surface area contributed by atoms with Gasteiger partial charge in [-0.05, 0) is 75.4 Å². The quantitative estimate of drug-likeness (QED) is 0.360. The van der Waals surface area contributed by atoms with Crippen molar-refractivity contribution in [2.45, 2.75) is 51.0 Å². The Morgan fingerprint density at radius 2 is 1.78 bits per heavy atom. The number of rotatable bonds is 9. The largest absolute Gasteiger partial charge is 0.487 e. The zero-order valence-corrected chi connectivity index (χ0v) is 21.6. The summed E-state index contributed by atoms with van der Waals surface area (Å²) in [5.41, 5.74) is 2.13. The fourth-order valence-electron chi connectivity index (χ4n) is 5.17. The van der Waals surface area contributed by atoms with Crippen LogP contribution in [0, 0.1) is 10.1 Å². The van der Waals surface area contributed by atoms with E-state index < -0.39 is 4.92 Å². The SMILES string of the molecule is CCOc1cc(NC2CCN(C(=O)CCN3CCC(c4ccc(Cl)cc4)CC3)CC2)ccc1[N+](=O)[O-]. The summed E-state index contributed by atoms with van der Waals surface area (Å²) in [7, 11) is 0. The number of benzene rings is 2. The lowest BCUT2D eigenvalue weighted by Crippen LogP contribution is -2.43. The first-order chi connectivity index (χ1) is 17.4. The highest BCUT2D eigenvalue weighted by atomic mass is 35.5. The Balaban J connectivity index is 1.18. The highest BCUT2D eigenvalue weighted by Gasteiger charge is 2.25. The van der Waals surface area contributed by atoms with Crippen molar-refractivity contribution in [1.82, 2.24) is 9.80 Å². The molecular weight excluding hydrogens is 480 g/mol. The number of anilines is 1. The molecule has 0 bridgehead atoms. The van der Waals surface area contributed by atoms with Crippen molar-refractivity contribution in [3.8, 4) is 5.75 Å². The predicted molar refractivity (Wildman–Crippen MR) is 142 cm³/mol. The van der Waals surface area contributed by atoms with Gasteiger partial charge in [0.1, 0.15) is 0 Å². The number of carbonyl (C=O) groups is 1. The molecule has 4 rings (SSSR count). The first-order valence-electron chi connectivity index (χ1n) is 12.9. The molecule has 2 aliphatic heterocycles. The topological polar surface area (TPSA) is 88.0 Å². The van der Waals surface area contributed by atoms with Gasteiger partial charge in [0.15, 0.2) is 5.75 Å². The second kappa shape index (κ2) is 12.4. The van der Waals surface area contributed by atoms with E-state index in [0.717, 1.165) is 69.1 Å². The normalized spacial score (nSPS) is 17.7. The molecule has 2 aromatic rings. The maximum atomic E-state index is 12.8. The van der Waals surface area contributed by atoms with E-state index in [0.29, 0.717) is 18.9 Å². The van der Waals surface area contributed by atoms with Gasteiger partial charge >= 0.3 is 5.69 Å². The summed E-state index contributed by atoms with van der Waals surface area (Å²) in [4.78, 5) is 28.0. The highest BCUT2D eigenvalue weighted by Crippen LogP contribution is 2.31. The van der Waals surface area contributed by atoms with Gasteiger partial charge in [-0.3, -0.25) is 14.9 Å². The third-order valence-corrected chi connectivity index (χ3v) is 7.50. The molecule has 1 N–H and O–H groups in total. The lowest BCUT2D eigenvalue weighted by Gasteiger charge is -2.35. The van der Waals surface area contributed by atoms with Crippen molar-refractivity contribution < 1.29 is 14.5 Å². The first-order valence-corrected chi connectivity index (χ1v) is 13.2. The van der Waals surface area contributed by atoms with Crippen LogP contribution in [0.5, 0.6) is 5.75 Å². The summed E-state index contributed by atoms with van der Waals surface area (Å²) in [6.45, 7) is 6.47. The Labute approximate surface area is 217 Å². The molecule has 0 radical (unpaired) electrons. The van der Waals surface area contributed by atoms with E-state index in [1.54, 1.807) is 19.1 Å². The predicted octanol–water partition coefficient (Wildman–Crippen LogP) is 5.32. The van der Waals surface area contributed by atoms with Crippen LogP contribution in [0.2, 0.25) is 5.02 Å². The Bertz CT molecular complexity index is 1030. The number of carbonyl (C=O) groups excluding carboxylic acids is 1. The van der Waals surface area contributed by atoms with E-state index in [9.17, 15) is 14.9 Å². The number of halogens is 1. The van der Waals surface area contributed by atoms with E-state index >= 15 is 0 Å². The summed E-state index contributed by atoms with van der Waals surface area (Å²) < 4.78 is 5.44. The van der Waals surface area contributed by atoms with Gasteiger partial charge in [-0.15, -0.1) is 0 Å². The molecule has 0 aromatic heterocycles. The molecule has 0 saturated carbocycles. The number of amides is 1. The molecule has 2 heterocycles. The molecule has 0 spiro atoms. The number of nitro groups is 1. The molecule has 2 aromatic carbocycles. The lowest BCUT2D eigenvalue weighted by molar-refractivity contribution is -0.385. The van der Waals surface area contributed by atoms with Gasteiger partial charge in [-0.2, -0.15) is 0 Å². The average Bonchev–Trinajstić information content (AvgIpc) is 2.89. The minimum Gasteiger partial charge on any atom is -0.487 e. The molecule has 8 nitrogen and oxygen atoms in total. The molecule has 0 atom stereocenters. The Hall–Kier alpha value is -2.84. The molecule has 36 heavy (non-hydrogen) atoms. The first kappa shape index (κ1) is 26.2. The fourth-order valence-corrected chi connectivity index (χ4v) is 5.30. The number of piperidine rings is 2. The Morgan fingerprint density at radius 3 is 2.42 bits per heavy atom. The summed E-state index contributed by atoms with van der Waals surface area (Å²) in [6, 6.07) is 13.3. The molecule has 2 fully saturated rings. The minimum absolute atomic E-state index is 0.0305. The molecule has 1 amide bonds. The van der Waals surface area contributed by atoms with Crippen molar-refractivity contribution >= 4 is 28.9 Å². The van der Waals surface area contributed by atoms with Gasteiger partial charge < -0.3 is 19.9 Å². The van der Waals surface area contributed by atoms with Crippen molar-refractivity contribution in [3.05, 3.63) is 63.2 Å². The van der Waals surface area contributed by atoms with Crippen molar-refractivity contribution in [2.75, 3.05) is 44.6 Å². The Kier molecular flexibility index (Phi) is 9.04. The standard InChI is InChI=1S/C27H35ClN4O4/c1-2-36-26-19-24(7-8-25(26)32(34)35)29-23-11-17-31(18-12-23)27(33)13-16-30-14-9-21(10-15-30)20-3-5-22(28)6-4-20/h3-8,19,21,23,29H,2,9-18H2,1H3. The van der Waals surface area contributed by atoms with Crippen molar-refractivity contribution in [3.63, 3.8) is 0 Å². The third-order valence-electron chi connectivity index (χ3n) is 7.25. The van der Waals surface area contributed by atoms with Crippen LogP contribution in [0.3, 0.4) is 0 Å². The zero-order chi connectivity index (χ0) is 25.5. The number of ether oxygens (including phenoxy) is 1. The van der Waals surface area contributed by atoms with E-state index in [-0.39, 0.29) is 23.4 Å². The number of hydrogen-bond donors (Lipinski definition) is 1. The van der Waals surface area contributed by atoms with Crippen molar-refractivity contribution in [2.24, 2.45) is 0 Å². The molecule has 0 unspecified atom stereocenters. The van der Waals surface area contributed by atoms with Crippen LogP contribution in [0.1, 0.15) is 50.5 Å². The highest BCUT2D eigenvalue weighted by molar-refractivity contribution is 6.30. The third kappa shape index (κ3) is 6.89. The summed E-state index contributed by atoms with van der Waals surface area (Å²) in [5, 5.41) is 15.4. The molecule has 2 saturated heterocycles. The van der Waals surface area contributed by atoms with Gasteiger partial charge in [-0.1, -0.05) is 23.7 Å². The van der Waals surface area contributed by atoms with Crippen LogP contribution >= 0.6 is 11.6 Å². The van der Waals surface area contributed by atoms with Crippen LogP contribution in [0.4, 0.5) is 11.4 Å². The number of likely N-dealkylation sites (tertiary alicyclic amines) is 2. The second-order valence-corrected chi connectivity index (χ2v) is 10.0. The fraction of sp³-hybridized carbons (Fsp3) is 0.519. The van der Waals surface area contributed by atoms with E-state index in [2.05, 4.69) is 22.3 Å². The van der Waals surface area contributed by atoms with Gasteiger partial charge in [0.05, 0.1) is 11.5 Å². The van der Waals surface area contributed by atoms with E-state index in [1.807, 2.05) is 17.0 Å². The van der Waals surface area contributed by atoms with Crippen LogP contribution in [-0.2, 0) is 4.79 Å². The number of nitrogens with zero attached hydrogens (tertiary/aromatic N) is 3. The van der Waals surface area contributed by atoms with Crippen LogP contribution in [0.25, 0.3) is 0 Å². The lowest BCUT2D eigenvalue weighted by atomic mass is 9.89. The summed E-state index contributed by atoms with van der Waals surface area (Å²) in [5.74, 6) is 1.07. The summed E-state index contributed by atoms with van der Waals surface area (Å²) in [6.07, 6.45) is 4.48. The number of hydrogen-bond acceptors (Lipinski definition) is 6. The monoisotopic (exact) mass is 514 g/mol. The molecule has 0 aliphatic carbocycles. The Morgan fingerprint density at radius 1 is 1.08 bits per heavy atom. The average molecular weight is 515 g/mol. The molecular formula is C27H35ClN4O4. The number of nitrogens with one attached hydrogen (secondary N) is 1. The van der Waals surface area contributed by atoms with E-state index in [4.69, 9.17) is 16.3 Å². The van der Waals surface area contributed by atoms with Gasteiger partial charge in [0.25, 0.3) is 0 Å². The maximum absolute atomic E-state index is 12.8. The second-order valence-electron chi connectivity index (χ2n) is 9.59. The van der Waals surface area contributed by atoms with Gasteiger partial charge in [-0.25, -0.2) is 0 Å². The van der Waals surface area contributed by atoms with Gasteiger partial charge in [0.2, 0.25) is 5.91 Å². The molecule has 9 heteroatoms. The zero-order valence-electron chi connectivity index (χ0n) is 20.8. The van der Waals surface area contributed by atoms with Gasteiger partial charge in [0, 0.05) is 54.9 Å². The van der Waals surface area contributed by atoms with Crippen LogP contribution < -0.4 is 10.1 Å². The smallest absolute Gasteiger partial charge is 0.311 e. The maximum Gasteiger partial charge on any atom is 0.311 e. The van der Waals surface area contributed by atoms with Crippen LogP contribution in [0.15, 0.2) is 42.5 Å². The van der Waals surface area contributed by atoms with Crippen LogP contribution in [-0.4, -0.2) is 66.0 Å². The summed E-state index contributed by atoms with van der Waals surface area (Å²) >= 11 is 6.01. The number of nitro benzene ring substituents is 1. The van der Waals surface area contributed by atoms with Crippen molar-refractivity contribution in [1.29, 1.82) is 0 Å². The minimum atomic E-state index is -0.430.